The molecule has 1 atom stereocenters. The van der Waals surface area contributed by atoms with E-state index in [1.165, 1.54) is 10.9 Å². The van der Waals surface area contributed by atoms with Gasteiger partial charge in [0, 0.05) is 58.8 Å². The fourth-order valence-electron chi connectivity index (χ4n) is 3.90. The van der Waals surface area contributed by atoms with Gasteiger partial charge in [-0.05, 0) is 23.6 Å². The van der Waals surface area contributed by atoms with E-state index in [0.717, 1.165) is 50.1 Å². The van der Waals surface area contributed by atoms with E-state index in [1.807, 2.05) is 32.1 Å². The molecule has 0 saturated carbocycles. The largest absolute Gasteiger partial charge is 0.379 e. The first-order valence-electron chi connectivity index (χ1n) is 10.8. The molecule has 1 unspecified atom stereocenters. The fraction of sp³-hybridized carbons (Fsp3) is 0.565. The Hall–Kier alpha value is -1.65. The molecular weight excluding hydrogens is 503 g/mol. The summed E-state index contributed by atoms with van der Waals surface area (Å²) in [5, 5.41) is 8.19. The lowest BCUT2D eigenvalue weighted by Gasteiger charge is -2.37. The monoisotopic (exact) mass is 540 g/mol. The van der Waals surface area contributed by atoms with Crippen LogP contribution < -0.4 is 15.5 Å². The molecular formula is C23H37IN6O. The number of hydrogen-bond donors (Lipinski definition) is 2. The number of guanidine groups is 1. The van der Waals surface area contributed by atoms with Crippen LogP contribution in [0.2, 0.25) is 0 Å². The number of fused-ring (bicyclic) bond motifs is 1. The number of anilines is 1. The van der Waals surface area contributed by atoms with Crippen LogP contribution in [0, 0.1) is 5.92 Å². The predicted molar refractivity (Wildman–Crippen MR) is 141 cm³/mol. The molecule has 3 rings (SSSR count). The van der Waals surface area contributed by atoms with Crippen molar-refractivity contribution in [3.8, 4) is 0 Å². The van der Waals surface area contributed by atoms with E-state index in [9.17, 15) is 0 Å². The van der Waals surface area contributed by atoms with Crippen LogP contribution in [0.25, 0.3) is 10.9 Å². The fourth-order valence-corrected chi connectivity index (χ4v) is 3.90. The standard InChI is InChI=1S/C23H36N6O.HI/c1-17(2)21(29-10-12-30-13-11-29)16-26-23(24-3)25-15-18-14-22(28(4)5)27-20-9-7-6-8-19(18)20;/h6-9,14,17,21H,10-13,15-16H2,1-5H3,(H2,24,25,26);1H. The third-order valence-electron chi connectivity index (χ3n) is 5.68. The van der Waals surface area contributed by atoms with Gasteiger partial charge < -0.3 is 20.3 Å². The van der Waals surface area contributed by atoms with Crippen LogP contribution in [0.4, 0.5) is 5.82 Å². The molecule has 1 saturated heterocycles. The first-order valence-corrected chi connectivity index (χ1v) is 10.8. The lowest BCUT2D eigenvalue weighted by atomic mass is 10.0. The van der Waals surface area contributed by atoms with Crippen LogP contribution in [-0.2, 0) is 11.3 Å². The van der Waals surface area contributed by atoms with Crippen LogP contribution in [0.1, 0.15) is 19.4 Å². The molecule has 0 radical (unpaired) electrons. The highest BCUT2D eigenvalue weighted by Crippen LogP contribution is 2.22. The molecule has 0 spiro atoms. The number of aliphatic imine (C=N–C) groups is 1. The highest BCUT2D eigenvalue weighted by atomic mass is 127. The number of halogens is 1. The van der Waals surface area contributed by atoms with E-state index in [1.54, 1.807) is 0 Å². The van der Waals surface area contributed by atoms with Crippen molar-refractivity contribution in [2.75, 3.05) is 58.9 Å². The summed E-state index contributed by atoms with van der Waals surface area (Å²) in [5.74, 6) is 2.34. The molecule has 1 aromatic heterocycles. The Bertz CT molecular complexity index is 851. The highest BCUT2D eigenvalue weighted by molar-refractivity contribution is 14.0. The molecule has 2 heterocycles. The van der Waals surface area contributed by atoms with Crippen molar-refractivity contribution in [3.63, 3.8) is 0 Å². The summed E-state index contributed by atoms with van der Waals surface area (Å²) in [6, 6.07) is 10.9. The Labute approximate surface area is 203 Å². The molecule has 1 aromatic carbocycles. The van der Waals surface area contributed by atoms with Gasteiger partial charge in [0.25, 0.3) is 0 Å². The topological polar surface area (TPSA) is 65.0 Å². The molecule has 0 amide bonds. The van der Waals surface area contributed by atoms with Crippen LogP contribution in [0.5, 0.6) is 0 Å². The van der Waals surface area contributed by atoms with Gasteiger partial charge in [0.1, 0.15) is 5.82 Å². The van der Waals surface area contributed by atoms with Crippen molar-refractivity contribution < 1.29 is 4.74 Å². The first-order chi connectivity index (χ1) is 14.5. The average Bonchev–Trinajstić information content (AvgIpc) is 2.76. The maximum absolute atomic E-state index is 5.52. The SMILES string of the molecule is CN=C(NCc1cc(N(C)C)nc2ccccc12)NCC(C(C)C)N1CCOCC1.I. The maximum Gasteiger partial charge on any atom is 0.191 e. The second kappa shape index (κ2) is 12.4. The molecule has 2 N–H and O–H groups in total. The van der Waals surface area contributed by atoms with Crippen LogP contribution in [-0.4, -0.2) is 75.9 Å². The van der Waals surface area contributed by atoms with Crippen molar-refractivity contribution in [2.24, 2.45) is 10.9 Å². The molecule has 0 bridgehead atoms. The zero-order valence-corrected chi connectivity index (χ0v) is 21.7. The number of nitrogens with zero attached hydrogens (tertiary/aromatic N) is 4. The van der Waals surface area contributed by atoms with E-state index in [4.69, 9.17) is 9.72 Å². The summed E-state index contributed by atoms with van der Waals surface area (Å²) < 4.78 is 5.52. The Kier molecular flexibility index (Phi) is 10.2. The van der Waals surface area contributed by atoms with Crippen molar-refractivity contribution in [1.29, 1.82) is 0 Å². The lowest BCUT2D eigenvalue weighted by molar-refractivity contribution is 0.00752. The Morgan fingerprint density at radius 3 is 2.55 bits per heavy atom. The van der Waals surface area contributed by atoms with E-state index in [2.05, 4.69) is 58.6 Å². The second-order valence-electron chi connectivity index (χ2n) is 8.32. The average molecular weight is 540 g/mol. The third-order valence-corrected chi connectivity index (χ3v) is 5.68. The molecule has 172 valence electrons. The van der Waals surface area contributed by atoms with Crippen molar-refractivity contribution >= 4 is 46.7 Å². The molecule has 1 fully saturated rings. The number of pyridine rings is 1. The quantitative estimate of drug-likeness (QED) is 0.320. The smallest absolute Gasteiger partial charge is 0.191 e. The van der Waals surface area contributed by atoms with Gasteiger partial charge in [0.15, 0.2) is 5.96 Å². The molecule has 2 aromatic rings. The first kappa shape index (κ1) is 25.6. The number of ether oxygens (including phenoxy) is 1. The Balaban J connectivity index is 0.00000341. The number of aromatic nitrogens is 1. The van der Waals surface area contributed by atoms with Gasteiger partial charge in [0.2, 0.25) is 0 Å². The van der Waals surface area contributed by atoms with E-state index in [-0.39, 0.29) is 24.0 Å². The van der Waals surface area contributed by atoms with Crippen molar-refractivity contribution in [1.82, 2.24) is 20.5 Å². The van der Waals surface area contributed by atoms with E-state index < -0.39 is 0 Å². The minimum atomic E-state index is 0. The zero-order chi connectivity index (χ0) is 21.5. The number of benzene rings is 1. The van der Waals surface area contributed by atoms with Gasteiger partial charge in [-0.15, -0.1) is 24.0 Å². The van der Waals surface area contributed by atoms with Gasteiger partial charge in [-0.2, -0.15) is 0 Å². The summed E-state index contributed by atoms with van der Waals surface area (Å²) in [6.07, 6.45) is 0. The van der Waals surface area contributed by atoms with Crippen LogP contribution >= 0.6 is 24.0 Å². The normalized spacial score (nSPS) is 16.1. The van der Waals surface area contributed by atoms with Gasteiger partial charge >= 0.3 is 0 Å². The van der Waals surface area contributed by atoms with Gasteiger partial charge in [-0.25, -0.2) is 4.98 Å². The van der Waals surface area contributed by atoms with Gasteiger partial charge in [-0.3, -0.25) is 9.89 Å². The van der Waals surface area contributed by atoms with Gasteiger partial charge in [-0.1, -0.05) is 32.0 Å². The number of hydrogen-bond acceptors (Lipinski definition) is 5. The summed E-state index contributed by atoms with van der Waals surface area (Å²) in [4.78, 5) is 13.8. The molecule has 8 heteroatoms. The summed E-state index contributed by atoms with van der Waals surface area (Å²) >= 11 is 0. The number of para-hydroxylation sites is 1. The number of rotatable bonds is 7. The number of nitrogens with one attached hydrogen (secondary N) is 2. The minimum Gasteiger partial charge on any atom is -0.379 e. The second-order valence-corrected chi connectivity index (χ2v) is 8.32. The highest BCUT2D eigenvalue weighted by Gasteiger charge is 2.23. The van der Waals surface area contributed by atoms with Crippen molar-refractivity contribution in [3.05, 3.63) is 35.9 Å². The van der Waals surface area contributed by atoms with E-state index in [0.29, 0.717) is 18.5 Å². The summed E-state index contributed by atoms with van der Waals surface area (Å²) in [6.45, 7) is 9.73. The molecule has 7 nitrogen and oxygen atoms in total. The third kappa shape index (κ3) is 6.92. The molecule has 31 heavy (non-hydrogen) atoms. The van der Waals surface area contributed by atoms with Crippen LogP contribution in [0.3, 0.4) is 0 Å². The Morgan fingerprint density at radius 2 is 1.90 bits per heavy atom. The van der Waals surface area contributed by atoms with Gasteiger partial charge in [0.05, 0.1) is 18.7 Å². The van der Waals surface area contributed by atoms with Crippen molar-refractivity contribution in [2.45, 2.75) is 26.4 Å². The maximum atomic E-state index is 5.52. The van der Waals surface area contributed by atoms with E-state index >= 15 is 0 Å². The van der Waals surface area contributed by atoms with Crippen LogP contribution in [0.15, 0.2) is 35.3 Å². The minimum absolute atomic E-state index is 0. The lowest BCUT2D eigenvalue weighted by Crippen LogP contribution is -2.52. The molecule has 1 aliphatic heterocycles. The molecule has 1 aliphatic rings. The summed E-state index contributed by atoms with van der Waals surface area (Å²) in [7, 11) is 5.86. The molecule has 0 aliphatic carbocycles. The Morgan fingerprint density at radius 1 is 1.19 bits per heavy atom. The number of morpholine rings is 1. The zero-order valence-electron chi connectivity index (χ0n) is 19.4. The summed E-state index contributed by atoms with van der Waals surface area (Å²) in [5.41, 5.74) is 2.22. The predicted octanol–water partition coefficient (Wildman–Crippen LogP) is 2.94.